The molecule has 20 heavy (non-hydrogen) atoms. The first-order valence-corrected chi connectivity index (χ1v) is 5.84. The average molecular weight is 281 g/mol. The van der Waals surface area contributed by atoms with Crippen molar-refractivity contribution in [2.75, 3.05) is 5.32 Å². The maximum Gasteiger partial charge on any atom is 0.387 e. The van der Waals surface area contributed by atoms with E-state index < -0.39 is 6.61 Å². The summed E-state index contributed by atoms with van der Waals surface area (Å²) in [5.74, 6) is -0.335. The Hall–Kier alpha value is -2.50. The second kappa shape index (κ2) is 6.10. The van der Waals surface area contributed by atoms with Gasteiger partial charge in [-0.15, -0.1) is 0 Å². The molecule has 3 N–H and O–H groups in total. The zero-order valence-corrected chi connectivity index (χ0v) is 10.4. The maximum absolute atomic E-state index is 12.1. The van der Waals surface area contributed by atoms with Gasteiger partial charge in [-0.2, -0.15) is 8.78 Å². The smallest absolute Gasteiger partial charge is 0.387 e. The van der Waals surface area contributed by atoms with E-state index in [0.717, 1.165) is 5.56 Å². The largest absolute Gasteiger partial charge is 0.504 e. The lowest BCUT2D eigenvalue weighted by Crippen LogP contribution is -2.03. The minimum Gasteiger partial charge on any atom is -0.504 e. The first-order chi connectivity index (χ1) is 9.54. The molecule has 106 valence electrons. The summed E-state index contributed by atoms with van der Waals surface area (Å²) in [5, 5.41) is 21.6. The van der Waals surface area contributed by atoms with E-state index >= 15 is 0 Å². The van der Waals surface area contributed by atoms with Crippen molar-refractivity contribution in [2.45, 2.75) is 13.2 Å². The van der Waals surface area contributed by atoms with E-state index in [9.17, 15) is 19.0 Å². The van der Waals surface area contributed by atoms with Crippen LogP contribution in [-0.4, -0.2) is 16.8 Å². The van der Waals surface area contributed by atoms with Crippen LogP contribution in [0.5, 0.6) is 17.2 Å². The zero-order valence-electron chi connectivity index (χ0n) is 10.4. The lowest BCUT2D eigenvalue weighted by atomic mass is 10.2. The molecular weight excluding hydrogens is 268 g/mol. The molecule has 4 nitrogen and oxygen atoms in total. The van der Waals surface area contributed by atoms with Gasteiger partial charge >= 0.3 is 6.61 Å². The van der Waals surface area contributed by atoms with Gasteiger partial charge in [-0.25, -0.2) is 0 Å². The molecule has 0 amide bonds. The fourth-order valence-corrected chi connectivity index (χ4v) is 1.67. The van der Waals surface area contributed by atoms with Crippen LogP contribution in [0.25, 0.3) is 0 Å². The summed E-state index contributed by atoms with van der Waals surface area (Å²) >= 11 is 0. The topological polar surface area (TPSA) is 61.7 Å². The molecule has 2 aromatic carbocycles. The van der Waals surface area contributed by atoms with Gasteiger partial charge in [0.15, 0.2) is 11.5 Å². The van der Waals surface area contributed by atoms with Crippen molar-refractivity contribution < 1.29 is 23.7 Å². The molecule has 0 aromatic heterocycles. The predicted molar refractivity (Wildman–Crippen MR) is 70.2 cm³/mol. The first-order valence-electron chi connectivity index (χ1n) is 5.84. The molecule has 0 spiro atoms. The van der Waals surface area contributed by atoms with Gasteiger partial charge in [0, 0.05) is 18.3 Å². The van der Waals surface area contributed by atoms with E-state index in [4.69, 9.17) is 0 Å². The summed E-state index contributed by atoms with van der Waals surface area (Å²) < 4.78 is 28.5. The summed E-state index contributed by atoms with van der Waals surface area (Å²) in [6.45, 7) is -2.49. The minimum absolute atomic E-state index is 0.0681. The standard InChI is InChI=1S/C14H13F2NO3/c15-14(16)20-11-3-1-2-10(7-11)17-8-9-4-5-12(18)13(19)6-9/h1-7,14,17-19H,8H2. The van der Waals surface area contributed by atoms with Crippen LogP contribution in [0.15, 0.2) is 42.5 Å². The van der Waals surface area contributed by atoms with Gasteiger partial charge in [-0.3, -0.25) is 0 Å². The second-order valence-corrected chi connectivity index (χ2v) is 4.08. The van der Waals surface area contributed by atoms with E-state index in [1.807, 2.05) is 0 Å². The van der Waals surface area contributed by atoms with Crippen molar-refractivity contribution in [2.24, 2.45) is 0 Å². The Balaban J connectivity index is 2.01. The minimum atomic E-state index is -2.86. The van der Waals surface area contributed by atoms with Gasteiger partial charge in [-0.05, 0) is 29.8 Å². The molecule has 0 atom stereocenters. The monoisotopic (exact) mass is 281 g/mol. The molecule has 0 heterocycles. The van der Waals surface area contributed by atoms with Crippen molar-refractivity contribution in [3.8, 4) is 17.2 Å². The van der Waals surface area contributed by atoms with Crippen LogP contribution in [0.1, 0.15) is 5.56 Å². The van der Waals surface area contributed by atoms with E-state index in [0.29, 0.717) is 12.2 Å². The zero-order chi connectivity index (χ0) is 14.5. The number of phenolic OH excluding ortho intramolecular Hbond substituents is 2. The number of hydrogen-bond acceptors (Lipinski definition) is 4. The lowest BCUT2D eigenvalue weighted by Gasteiger charge is -2.10. The molecule has 6 heteroatoms. The molecule has 2 rings (SSSR count). The van der Waals surface area contributed by atoms with Gasteiger partial charge < -0.3 is 20.3 Å². The van der Waals surface area contributed by atoms with E-state index in [2.05, 4.69) is 10.1 Å². The third kappa shape index (κ3) is 3.74. The fourth-order valence-electron chi connectivity index (χ4n) is 1.67. The highest BCUT2D eigenvalue weighted by Crippen LogP contribution is 2.25. The highest BCUT2D eigenvalue weighted by Gasteiger charge is 2.05. The molecule has 0 aliphatic heterocycles. The molecule has 2 aromatic rings. The summed E-state index contributed by atoms with van der Waals surface area (Å²) in [6, 6.07) is 10.6. The Kier molecular flexibility index (Phi) is 4.24. The van der Waals surface area contributed by atoms with Gasteiger partial charge in [-0.1, -0.05) is 12.1 Å². The third-order valence-corrected chi connectivity index (χ3v) is 2.60. The second-order valence-electron chi connectivity index (χ2n) is 4.08. The molecule has 0 aliphatic rings. The van der Waals surface area contributed by atoms with Gasteiger partial charge in [0.2, 0.25) is 0 Å². The average Bonchev–Trinajstić information content (AvgIpc) is 2.40. The number of benzene rings is 2. The molecular formula is C14H13F2NO3. The van der Waals surface area contributed by atoms with Crippen LogP contribution in [0.3, 0.4) is 0 Å². The van der Waals surface area contributed by atoms with Gasteiger partial charge in [0.25, 0.3) is 0 Å². The predicted octanol–water partition coefficient (Wildman–Crippen LogP) is 3.31. The summed E-state index contributed by atoms with van der Waals surface area (Å²) in [5.41, 5.74) is 1.34. The van der Waals surface area contributed by atoms with Crippen LogP contribution in [0, 0.1) is 0 Å². The number of nitrogens with one attached hydrogen (secondary N) is 1. The summed E-state index contributed by atoms with van der Waals surface area (Å²) in [4.78, 5) is 0. The Labute approximate surface area is 114 Å². The molecule has 0 radical (unpaired) electrons. The Morgan fingerprint density at radius 2 is 1.85 bits per heavy atom. The van der Waals surface area contributed by atoms with Gasteiger partial charge in [0.1, 0.15) is 5.75 Å². The summed E-state index contributed by atoms with van der Waals surface area (Å²) in [7, 11) is 0. The first kappa shape index (κ1) is 13.9. The number of aromatic hydroxyl groups is 2. The number of halogens is 2. The molecule has 0 aliphatic carbocycles. The van der Waals surface area contributed by atoms with Gasteiger partial charge in [0.05, 0.1) is 0 Å². The van der Waals surface area contributed by atoms with Crippen LogP contribution >= 0.6 is 0 Å². The summed E-state index contributed by atoms with van der Waals surface area (Å²) in [6.07, 6.45) is 0. The van der Waals surface area contributed by atoms with E-state index in [-0.39, 0.29) is 17.2 Å². The molecule has 0 unspecified atom stereocenters. The number of rotatable bonds is 5. The highest BCUT2D eigenvalue weighted by molar-refractivity contribution is 5.49. The Morgan fingerprint density at radius 1 is 1.05 bits per heavy atom. The van der Waals surface area contributed by atoms with Crippen molar-refractivity contribution in [3.05, 3.63) is 48.0 Å². The number of phenols is 2. The molecule has 0 saturated carbocycles. The van der Waals surface area contributed by atoms with Crippen molar-refractivity contribution >= 4 is 5.69 Å². The number of anilines is 1. The van der Waals surface area contributed by atoms with Crippen LogP contribution < -0.4 is 10.1 Å². The Morgan fingerprint density at radius 3 is 2.55 bits per heavy atom. The normalized spacial score (nSPS) is 10.6. The number of ether oxygens (including phenoxy) is 1. The van der Waals surface area contributed by atoms with E-state index in [1.165, 1.54) is 24.3 Å². The lowest BCUT2D eigenvalue weighted by molar-refractivity contribution is -0.0498. The quantitative estimate of drug-likeness (QED) is 0.736. The highest BCUT2D eigenvalue weighted by atomic mass is 19.3. The molecule has 0 bridgehead atoms. The number of hydrogen-bond donors (Lipinski definition) is 3. The SMILES string of the molecule is Oc1ccc(CNc2cccc(OC(F)F)c2)cc1O. The maximum atomic E-state index is 12.1. The Bertz CT molecular complexity index is 590. The van der Waals surface area contributed by atoms with E-state index in [1.54, 1.807) is 18.2 Å². The van der Waals surface area contributed by atoms with Crippen LogP contribution in [0.2, 0.25) is 0 Å². The van der Waals surface area contributed by atoms with Crippen molar-refractivity contribution in [1.29, 1.82) is 0 Å². The van der Waals surface area contributed by atoms with Crippen LogP contribution in [-0.2, 0) is 6.54 Å². The molecule has 0 fully saturated rings. The van der Waals surface area contributed by atoms with Crippen molar-refractivity contribution in [1.82, 2.24) is 0 Å². The molecule has 0 saturated heterocycles. The van der Waals surface area contributed by atoms with Crippen molar-refractivity contribution in [3.63, 3.8) is 0 Å². The third-order valence-electron chi connectivity index (χ3n) is 2.60. The van der Waals surface area contributed by atoms with Crippen LogP contribution in [0.4, 0.5) is 14.5 Å². The fraction of sp³-hybridized carbons (Fsp3) is 0.143. The number of alkyl halides is 2.